The zero-order valence-electron chi connectivity index (χ0n) is 12.9. The summed E-state index contributed by atoms with van der Waals surface area (Å²) in [6.45, 7) is 1.94. The van der Waals surface area contributed by atoms with Crippen molar-refractivity contribution in [1.82, 2.24) is 20.2 Å². The summed E-state index contributed by atoms with van der Waals surface area (Å²) < 4.78 is 5.25. The summed E-state index contributed by atoms with van der Waals surface area (Å²) in [6, 6.07) is 15.0. The number of ketones is 1. The number of ether oxygens (including phenoxy) is 1. The molecule has 0 fully saturated rings. The number of benzene rings is 2. The first kappa shape index (κ1) is 14.9. The standard InChI is InChI=1S/C17H16N4O2/c1-12-8-9-16(23-2)14(10-12)15(22)11-21-19-17(18-20-21)13-6-4-3-5-7-13/h3-10H,11H2,1-2H3. The maximum absolute atomic E-state index is 12.5. The molecule has 6 heteroatoms. The fourth-order valence-electron chi connectivity index (χ4n) is 2.27. The summed E-state index contributed by atoms with van der Waals surface area (Å²) in [7, 11) is 1.54. The van der Waals surface area contributed by atoms with Crippen LogP contribution in [0.3, 0.4) is 0 Å². The van der Waals surface area contributed by atoms with E-state index >= 15 is 0 Å². The lowest BCUT2D eigenvalue weighted by Crippen LogP contribution is -2.14. The van der Waals surface area contributed by atoms with E-state index in [2.05, 4.69) is 15.4 Å². The van der Waals surface area contributed by atoms with Crippen molar-refractivity contribution in [3.8, 4) is 17.1 Å². The molecular formula is C17H16N4O2. The van der Waals surface area contributed by atoms with Gasteiger partial charge in [-0.25, -0.2) is 0 Å². The number of hydrogen-bond donors (Lipinski definition) is 0. The van der Waals surface area contributed by atoms with Crippen LogP contribution in [0.2, 0.25) is 0 Å². The lowest BCUT2D eigenvalue weighted by molar-refractivity contribution is 0.0958. The number of carbonyl (C=O) groups is 1. The predicted molar refractivity (Wildman–Crippen MR) is 85.3 cm³/mol. The first-order chi connectivity index (χ1) is 11.2. The predicted octanol–water partition coefficient (Wildman–Crippen LogP) is 2.54. The van der Waals surface area contributed by atoms with Crippen LogP contribution in [0, 0.1) is 6.92 Å². The minimum absolute atomic E-state index is 0.0135. The number of carbonyl (C=O) groups excluding carboxylic acids is 1. The van der Waals surface area contributed by atoms with Gasteiger partial charge >= 0.3 is 0 Å². The Hall–Kier alpha value is -3.02. The van der Waals surface area contributed by atoms with E-state index in [9.17, 15) is 4.79 Å². The Kier molecular flexibility index (Phi) is 4.14. The minimum atomic E-state index is -0.123. The topological polar surface area (TPSA) is 69.9 Å². The molecule has 1 heterocycles. The molecule has 2 aromatic carbocycles. The second-order valence-corrected chi connectivity index (χ2v) is 5.14. The zero-order valence-corrected chi connectivity index (χ0v) is 12.9. The lowest BCUT2D eigenvalue weighted by atomic mass is 10.1. The van der Waals surface area contributed by atoms with Gasteiger partial charge in [0.2, 0.25) is 5.82 Å². The monoisotopic (exact) mass is 308 g/mol. The number of nitrogens with zero attached hydrogens (tertiary/aromatic N) is 4. The van der Waals surface area contributed by atoms with Gasteiger partial charge in [-0.05, 0) is 24.3 Å². The molecule has 0 aliphatic carbocycles. The highest BCUT2D eigenvalue weighted by Crippen LogP contribution is 2.20. The summed E-state index contributed by atoms with van der Waals surface area (Å²) in [5.74, 6) is 0.918. The fraction of sp³-hybridized carbons (Fsp3) is 0.176. The first-order valence-electron chi connectivity index (χ1n) is 7.18. The number of methoxy groups -OCH3 is 1. The van der Waals surface area contributed by atoms with Crippen molar-refractivity contribution in [1.29, 1.82) is 0 Å². The Labute approximate surface area is 133 Å². The summed E-state index contributed by atoms with van der Waals surface area (Å²) >= 11 is 0. The van der Waals surface area contributed by atoms with Crippen LogP contribution in [0.4, 0.5) is 0 Å². The van der Waals surface area contributed by atoms with Gasteiger partial charge in [0.05, 0.1) is 12.7 Å². The maximum Gasteiger partial charge on any atom is 0.204 e. The Morgan fingerprint density at radius 1 is 1.17 bits per heavy atom. The van der Waals surface area contributed by atoms with E-state index < -0.39 is 0 Å². The molecule has 0 atom stereocenters. The molecule has 0 aliphatic rings. The highest BCUT2D eigenvalue weighted by molar-refractivity contribution is 5.98. The van der Waals surface area contributed by atoms with Crippen LogP contribution >= 0.6 is 0 Å². The number of rotatable bonds is 5. The van der Waals surface area contributed by atoms with Gasteiger partial charge in [0.1, 0.15) is 12.3 Å². The van der Waals surface area contributed by atoms with Crippen molar-refractivity contribution in [2.45, 2.75) is 13.5 Å². The van der Waals surface area contributed by atoms with Crippen molar-refractivity contribution in [3.05, 3.63) is 59.7 Å². The molecule has 0 saturated heterocycles. The molecule has 0 spiro atoms. The number of aryl methyl sites for hydroxylation is 1. The molecule has 116 valence electrons. The highest BCUT2D eigenvalue weighted by Gasteiger charge is 2.15. The van der Waals surface area contributed by atoms with Crippen molar-refractivity contribution < 1.29 is 9.53 Å². The second-order valence-electron chi connectivity index (χ2n) is 5.14. The number of hydrogen-bond acceptors (Lipinski definition) is 5. The molecule has 3 aromatic rings. The molecule has 6 nitrogen and oxygen atoms in total. The van der Waals surface area contributed by atoms with E-state index in [0.29, 0.717) is 17.1 Å². The summed E-state index contributed by atoms with van der Waals surface area (Å²) in [4.78, 5) is 13.8. The molecule has 0 aliphatic heterocycles. The number of aromatic nitrogens is 4. The number of Topliss-reactive ketones (excluding diaryl/α,β-unsaturated/α-hetero) is 1. The van der Waals surface area contributed by atoms with Crippen molar-refractivity contribution in [2.24, 2.45) is 0 Å². The van der Waals surface area contributed by atoms with Gasteiger partial charge in [0.15, 0.2) is 5.78 Å². The minimum Gasteiger partial charge on any atom is -0.496 e. The van der Waals surface area contributed by atoms with Gasteiger partial charge in [0.25, 0.3) is 0 Å². The molecule has 0 radical (unpaired) electrons. The molecule has 0 unspecified atom stereocenters. The third kappa shape index (κ3) is 3.26. The van der Waals surface area contributed by atoms with Crippen LogP contribution < -0.4 is 4.74 Å². The average molecular weight is 308 g/mol. The van der Waals surface area contributed by atoms with Gasteiger partial charge in [0, 0.05) is 5.56 Å². The smallest absolute Gasteiger partial charge is 0.204 e. The van der Waals surface area contributed by atoms with Crippen LogP contribution in [0.1, 0.15) is 15.9 Å². The van der Waals surface area contributed by atoms with E-state index in [1.807, 2.05) is 43.3 Å². The average Bonchev–Trinajstić information content (AvgIpc) is 3.04. The maximum atomic E-state index is 12.5. The normalized spacial score (nSPS) is 10.5. The molecule has 1 aromatic heterocycles. The van der Waals surface area contributed by atoms with E-state index in [1.165, 1.54) is 4.80 Å². The third-order valence-corrected chi connectivity index (χ3v) is 3.43. The molecule has 23 heavy (non-hydrogen) atoms. The summed E-state index contributed by atoms with van der Waals surface area (Å²) in [6.07, 6.45) is 0. The van der Waals surface area contributed by atoms with E-state index in [0.717, 1.165) is 11.1 Å². The van der Waals surface area contributed by atoms with Crippen LogP contribution in [-0.4, -0.2) is 33.1 Å². The van der Waals surface area contributed by atoms with Crippen LogP contribution in [0.25, 0.3) is 11.4 Å². The first-order valence-corrected chi connectivity index (χ1v) is 7.18. The van der Waals surface area contributed by atoms with Crippen LogP contribution in [0.5, 0.6) is 5.75 Å². The molecule has 0 bridgehead atoms. The van der Waals surface area contributed by atoms with E-state index in [-0.39, 0.29) is 12.3 Å². The van der Waals surface area contributed by atoms with E-state index in [1.54, 1.807) is 19.2 Å². The summed E-state index contributed by atoms with van der Waals surface area (Å²) in [5.41, 5.74) is 2.37. The van der Waals surface area contributed by atoms with Crippen molar-refractivity contribution >= 4 is 5.78 Å². The quantitative estimate of drug-likeness (QED) is 0.677. The molecular weight excluding hydrogens is 292 g/mol. The van der Waals surface area contributed by atoms with Gasteiger partial charge in [-0.15, -0.1) is 10.2 Å². The van der Waals surface area contributed by atoms with Gasteiger partial charge in [-0.3, -0.25) is 4.79 Å². The van der Waals surface area contributed by atoms with Gasteiger partial charge in [-0.2, -0.15) is 4.80 Å². The highest BCUT2D eigenvalue weighted by atomic mass is 16.5. The van der Waals surface area contributed by atoms with Crippen LogP contribution in [0.15, 0.2) is 48.5 Å². The second kappa shape index (κ2) is 6.39. The Morgan fingerprint density at radius 2 is 1.96 bits per heavy atom. The Bertz CT molecular complexity index is 828. The molecule has 0 amide bonds. The number of tetrazole rings is 1. The zero-order chi connectivity index (χ0) is 16.2. The SMILES string of the molecule is COc1ccc(C)cc1C(=O)Cn1nnc(-c2ccccc2)n1. The summed E-state index contributed by atoms with van der Waals surface area (Å²) in [5, 5.41) is 12.2. The Morgan fingerprint density at radius 3 is 2.70 bits per heavy atom. The van der Waals surface area contributed by atoms with E-state index in [4.69, 9.17) is 4.74 Å². The molecule has 0 N–H and O–H groups in total. The fourth-order valence-corrected chi connectivity index (χ4v) is 2.27. The van der Waals surface area contributed by atoms with Crippen molar-refractivity contribution in [3.63, 3.8) is 0 Å². The third-order valence-electron chi connectivity index (χ3n) is 3.43. The lowest BCUT2D eigenvalue weighted by Gasteiger charge is -2.08. The van der Waals surface area contributed by atoms with Gasteiger partial charge in [-0.1, -0.05) is 42.0 Å². The van der Waals surface area contributed by atoms with Gasteiger partial charge < -0.3 is 4.74 Å². The molecule has 0 saturated carbocycles. The Balaban J connectivity index is 1.82. The largest absolute Gasteiger partial charge is 0.496 e. The van der Waals surface area contributed by atoms with Crippen molar-refractivity contribution in [2.75, 3.05) is 7.11 Å². The van der Waals surface area contributed by atoms with Crippen LogP contribution in [-0.2, 0) is 6.54 Å². The molecule has 3 rings (SSSR count).